The standard InChI is InChI=1S/C38H38F4N10O2/c1-3-34(25(2)53)52-23-44-36(46-52)27-6-12-31(13-7-27)50-18-16-49(17-19-50)30-10-4-26(5-11-30)28-8-15-35(43-21-28)38(41,42)37(54,22-51-24-45-47-48-51)32-14-9-29(39)20-33(32)40/h4-15,20-21,23-25,34,53-54H,3,16-19,22H2,1-2H3. The highest BCUT2D eigenvalue weighted by Crippen LogP contribution is 2.47. The number of alkyl halides is 2. The molecule has 0 saturated carbocycles. The minimum Gasteiger partial charge on any atom is -0.391 e. The van der Waals surface area contributed by atoms with Crippen molar-refractivity contribution in [2.75, 3.05) is 36.0 Å². The number of piperazine rings is 1. The number of aliphatic hydroxyl groups excluding tert-OH is 1. The smallest absolute Gasteiger partial charge is 0.323 e. The number of tetrazole rings is 1. The first-order valence-electron chi connectivity index (χ1n) is 17.5. The molecule has 0 amide bonds. The van der Waals surface area contributed by atoms with E-state index in [2.05, 4.69) is 52.5 Å². The molecule has 3 aromatic heterocycles. The molecule has 12 nitrogen and oxygen atoms in total. The topological polar surface area (TPSA) is 134 Å². The summed E-state index contributed by atoms with van der Waals surface area (Å²) in [7, 11) is 0. The first-order valence-corrected chi connectivity index (χ1v) is 17.5. The van der Waals surface area contributed by atoms with E-state index in [1.165, 1.54) is 12.3 Å². The van der Waals surface area contributed by atoms with Crippen molar-refractivity contribution < 1.29 is 27.8 Å². The lowest BCUT2D eigenvalue weighted by molar-refractivity contribution is -0.207. The van der Waals surface area contributed by atoms with Crippen LogP contribution >= 0.6 is 0 Å². The molecule has 3 unspecified atom stereocenters. The van der Waals surface area contributed by atoms with E-state index in [9.17, 15) is 19.0 Å². The Morgan fingerprint density at radius 2 is 1.43 bits per heavy atom. The van der Waals surface area contributed by atoms with Crippen LogP contribution in [0.5, 0.6) is 0 Å². The van der Waals surface area contributed by atoms with Crippen molar-refractivity contribution in [2.45, 2.75) is 50.5 Å². The zero-order chi connectivity index (χ0) is 38.0. The summed E-state index contributed by atoms with van der Waals surface area (Å²) in [5, 5.41) is 36.4. The lowest BCUT2D eigenvalue weighted by Gasteiger charge is -2.37. The summed E-state index contributed by atoms with van der Waals surface area (Å²) >= 11 is 0. The molecule has 0 aliphatic carbocycles. The number of hydrogen-bond acceptors (Lipinski definition) is 10. The van der Waals surface area contributed by atoms with Gasteiger partial charge < -0.3 is 20.0 Å². The van der Waals surface area contributed by atoms with Crippen LogP contribution in [-0.4, -0.2) is 82.5 Å². The lowest BCUT2D eigenvalue weighted by atomic mass is 9.84. The van der Waals surface area contributed by atoms with Gasteiger partial charge in [-0.15, -0.1) is 5.10 Å². The molecule has 1 aliphatic rings. The van der Waals surface area contributed by atoms with Gasteiger partial charge in [0.2, 0.25) is 0 Å². The molecule has 3 aromatic carbocycles. The second-order valence-electron chi connectivity index (χ2n) is 13.3. The fourth-order valence-electron chi connectivity index (χ4n) is 6.85. The molecular formula is C38H38F4N10O2. The zero-order valence-corrected chi connectivity index (χ0v) is 29.5. The van der Waals surface area contributed by atoms with E-state index in [0.29, 0.717) is 17.5 Å². The number of halogens is 4. The summed E-state index contributed by atoms with van der Waals surface area (Å²) in [5.41, 5.74) is -0.556. The highest BCUT2D eigenvalue weighted by molar-refractivity contribution is 5.66. The quantitative estimate of drug-likeness (QED) is 0.153. The Morgan fingerprint density at radius 3 is 1.96 bits per heavy atom. The number of pyridine rings is 1. The van der Waals surface area contributed by atoms with E-state index in [0.717, 1.165) is 84.3 Å². The van der Waals surface area contributed by atoms with E-state index >= 15 is 8.78 Å². The monoisotopic (exact) mass is 742 g/mol. The van der Waals surface area contributed by atoms with Gasteiger partial charge in [-0.05, 0) is 83.9 Å². The number of aromatic nitrogens is 8. The molecule has 7 rings (SSSR count). The van der Waals surface area contributed by atoms with Gasteiger partial charge in [0.1, 0.15) is 30.0 Å². The molecule has 0 radical (unpaired) electrons. The summed E-state index contributed by atoms with van der Waals surface area (Å²) < 4.78 is 63.4. The fourth-order valence-corrected chi connectivity index (χ4v) is 6.85. The Bertz CT molecular complexity index is 2160. The summed E-state index contributed by atoms with van der Waals surface area (Å²) in [4.78, 5) is 13.0. The van der Waals surface area contributed by atoms with Crippen LogP contribution in [0.15, 0.2) is 97.7 Å². The van der Waals surface area contributed by atoms with E-state index < -0.39 is 47.1 Å². The van der Waals surface area contributed by atoms with Crippen LogP contribution in [0.2, 0.25) is 0 Å². The van der Waals surface area contributed by atoms with Gasteiger partial charge in [0.15, 0.2) is 11.4 Å². The third-order valence-electron chi connectivity index (χ3n) is 9.92. The van der Waals surface area contributed by atoms with E-state index in [1.54, 1.807) is 17.9 Å². The molecule has 3 atom stereocenters. The average Bonchev–Trinajstić information content (AvgIpc) is 3.88. The summed E-state index contributed by atoms with van der Waals surface area (Å²) in [6.07, 6.45) is 4.15. The normalized spacial score (nSPS) is 15.9. The van der Waals surface area contributed by atoms with Gasteiger partial charge in [-0.3, -0.25) is 4.98 Å². The third-order valence-corrected chi connectivity index (χ3v) is 9.92. The Balaban J connectivity index is 0.998. The van der Waals surface area contributed by atoms with Crippen LogP contribution < -0.4 is 9.80 Å². The maximum atomic E-state index is 16.2. The van der Waals surface area contributed by atoms with Crippen molar-refractivity contribution in [3.8, 4) is 22.5 Å². The molecule has 0 bridgehead atoms. The SMILES string of the molecule is CCC(C(C)O)n1cnc(-c2ccc(N3CCN(c4ccc(-c5ccc(C(F)(F)C(O)(Cn6cnnn6)c6ccc(F)cc6F)nc5)cc4)CC3)cc2)n1. The number of aliphatic hydroxyl groups is 2. The number of anilines is 2. The fraction of sp³-hybridized carbons (Fsp3) is 0.316. The average molecular weight is 743 g/mol. The highest BCUT2D eigenvalue weighted by atomic mass is 19.3. The van der Waals surface area contributed by atoms with Gasteiger partial charge in [-0.25, -0.2) is 23.1 Å². The summed E-state index contributed by atoms with van der Waals surface area (Å²) in [5.74, 6) is -5.87. The van der Waals surface area contributed by atoms with E-state index in [4.69, 9.17) is 0 Å². The first kappa shape index (κ1) is 36.6. The number of benzene rings is 3. The molecule has 1 saturated heterocycles. The van der Waals surface area contributed by atoms with Gasteiger partial charge in [0, 0.05) is 66.5 Å². The van der Waals surface area contributed by atoms with Gasteiger partial charge in [-0.1, -0.05) is 25.1 Å². The Morgan fingerprint density at radius 1 is 0.796 bits per heavy atom. The van der Waals surface area contributed by atoms with Crippen molar-refractivity contribution in [1.29, 1.82) is 0 Å². The number of nitrogens with zero attached hydrogens (tertiary/aromatic N) is 10. The predicted octanol–water partition coefficient (Wildman–Crippen LogP) is 5.61. The minimum absolute atomic E-state index is 0.127. The molecule has 0 spiro atoms. The largest absolute Gasteiger partial charge is 0.391 e. The molecular weight excluding hydrogens is 704 g/mol. The summed E-state index contributed by atoms with van der Waals surface area (Å²) in [6.45, 7) is 6.02. The van der Waals surface area contributed by atoms with Crippen molar-refractivity contribution >= 4 is 11.4 Å². The van der Waals surface area contributed by atoms with Crippen LogP contribution in [0.3, 0.4) is 0 Å². The summed E-state index contributed by atoms with van der Waals surface area (Å²) in [6, 6.07) is 20.2. The van der Waals surface area contributed by atoms with Gasteiger partial charge in [0.05, 0.1) is 18.7 Å². The first-order chi connectivity index (χ1) is 26.0. The maximum Gasteiger partial charge on any atom is 0.323 e. The van der Waals surface area contributed by atoms with Crippen LogP contribution in [0.4, 0.5) is 28.9 Å². The van der Waals surface area contributed by atoms with Gasteiger partial charge >= 0.3 is 5.92 Å². The van der Waals surface area contributed by atoms with E-state index in [-0.39, 0.29) is 6.04 Å². The second kappa shape index (κ2) is 14.9. The molecule has 6 aromatic rings. The van der Waals surface area contributed by atoms with Crippen LogP contribution in [0.25, 0.3) is 22.5 Å². The van der Waals surface area contributed by atoms with Crippen molar-refractivity contribution in [1.82, 2.24) is 40.0 Å². The van der Waals surface area contributed by atoms with Crippen LogP contribution in [0.1, 0.15) is 37.6 Å². The minimum atomic E-state index is -4.15. The van der Waals surface area contributed by atoms with Crippen LogP contribution in [-0.2, 0) is 18.1 Å². The molecule has 1 fully saturated rings. The number of hydrogen-bond donors (Lipinski definition) is 2. The molecule has 280 valence electrons. The maximum absolute atomic E-state index is 16.2. The Labute approximate surface area is 308 Å². The van der Waals surface area contributed by atoms with Crippen molar-refractivity contribution in [3.63, 3.8) is 0 Å². The molecule has 2 N–H and O–H groups in total. The van der Waals surface area contributed by atoms with E-state index in [1.807, 2.05) is 43.3 Å². The molecule has 16 heteroatoms. The van der Waals surface area contributed by atoms with Crippen LogP contribution in [0, 0.1) is 11.6 Å². The van der Waals surface area contributed by atoms with Crippen molar-refractivity contribution in [2.24, 2.45) is 0 Å². The molecule has 54 heavy (non-hydrogen) atoms. The Hall–Kier alpha value is -5.74. The zero-order valence-electron chi connectivity index (χ0n) is 29.5. The highest BCUT2D eigenvalue weighted by Gasteiger charge is 2.58. The van der Waals surface area contributed by atoms with Gasteiger partial charge in [-0.2, -0.15) is 13.9 Å². The van der Waals surface area contributed by atoms with Gasteiger partial charge in [0.25, 0.3) is 0 Å². The predicted molar refractivity (Wildman–Crippen MR) is 193 cm³/mol. The second-order valence-corrected chi connectivity index (χ2v) is 13.3. The van der Waals surface area contributed by atoms with Crippen molar-refractivity contribution in [3.05, 3.63) is 121 Å². The Kier molecular flexibility index (Phi) is 10.1. The lowest BCUT2D eigenvalue weighted by Crippen LogP contribution is -2.48. The molecule has 1 aliphatic heterocycles. The number of rotatable bonds is 12. The molecule has 4 heterocycles. The third kappa shape index (κ3) is 7.13.